The third kappa shape index (κ3) is 10.0. The van der Waals surface area contributed by atoms with Gasteiger partial charge in [-0.1, -0.05) is 36.4 Å². The van der Waals surface area contributed by atoms with Crippen molar-refractivity contribution in [2.45, 2.75) is 50.7 Å². The first-order chi connectivity index (χ1) is 22.3. The van der Waals surface area contributed by atoms with Gasteiger partial charge in [-0.25, -0.2) is 18.0 Å². The number of alkyl halides is 3. The van der Waals surface area contributed by atoms with Gasteiger partial charge in [0.05, 0.1) is 6.61 Å². The van der Waals surface area contributed by atoms with Crippen molar-refractivity contribution in [2.24, 2.45) is 0 Å². The number of aliphatic carboxylic acids is 1. The highest BCUT2D eigenvalue weighted by molar-refractivity contribution is 6.02. The van der Waals surface area contributed by atoms with Crippen molar-refractivity contribution in [2.75, 3.05) is 26.2 Å². The van der Waals surface area contributed by atoms with Gasteiger partial charge in [0, 0.05) is 24.7 Å². The molecule has 6 nitrogen and oxygen atoms in total. The Hall–Kier alpha value is -4.39. The highest BCUT2D eigenvalue weighted by Gasteiger charge is 2.38. The van der Waals surface area contributed by atoms with Crippen LogP contribution in [0.3, 0.4) is 0 Å². The number of rotatable bonds is 11. The van der Waals surface area contributed by atoms with Gasteiger partial charge < -0.3 is 20.1 Å². The zero-order valence-electron chi connectivity index (χ0n) is 25.2. The summed E-state index contributed by atoms with van der Waals surface area (Å²) in [7, 11) is 0. The number of aryl methyl sites for hydroxylation is 1. The van der Waals surface area contributed by atoms with E-state index in [2.05, 4.69) is 5.32 Å². The minimum atomic E-state index is -5.08. The van der Waals surface area contributed by atoms with E-state index >= 15 is 0 Å². The zero-order chi connectivity index (χ0) is 34.1. The molecule has 0 saturated heterocycles. The Morgan fingerprint density at radius 1 is 0.872 bits per heavy atom. The van der Waals surface area contributed by atoms with E-state index in [0.29, 0.717) is 32.4 Å². The highest BCUT2D eigenvalue weighted by atomic mass is 19.4. The van der Waals surface area contributed by atoms with E-state index in [1.807, 2.05) is 29.2 Å². The number of hydrogen-bond donors (Lipinski definition) is 2. The molecule has 0 spiro atoms. The fourth-order valence-electron chi connectivity index (χ4n) is 5.08. The molecule has 1 saturated carbocycles. The van der Waals surface area contributed by atoms with Crippen LogP contribution in [0.5, 0.6) is 5.75 Å². The maximum Gasteiger partial charge on any atom is 0.490 e. The van der Waals surface area contributed by atoms with Crippen LogP contribution in [0.2, 0.25) is 0 Å². The van der Waals surface area contributed by atoms with E-state index in [9.17, 15) is 35.5 Å². The second-order valence-electron chi connectivity index (χ2n) is 11.1. The Bertz CT molecular complexity index is 1570. The molecule has 1 aliphatic heterocycles. The molecule has 0 bridgehead atoms. The summed E-state index contributed by atoms with van der Waals surface area (Å²) in [5.41, 5.74) is 4.86. The fourth-order valence-corrected chi connectivity index (χ4v) is 5.08. The second-order valence-corrected chi connectivity index (χ2v) is 11.1. The smallest absolute Gasteiger partial charge is 0.488 e. The van der Waals surface area contributed by atoms with Crippen LogP contribution in [0.15, 0.2) is 66.2 Å². The van der Waals surface area contributed by atoms with Gasteiger partial charge in [0.2, 0.25) is 5.82 Å². The van der Waals surface area contributed by atoms with Gasteiger partial charge in [-0.05, 0) is 91.6 Å². The van der Waals surface area contributed by atoms with Crippen LogP contribution >= 0.6 is 0 Å². The lowest BCUT2D eigenvalue weighted by Gasteiger charge is -2.28. The molecule has 0 aromatic heterocycles. The summed E-state index contributed by atoms with van der Waals surface area (Å²) < 4.78 is 91.0. The number of halogens is 7. The normalized spacial score (nSPS) is 14.7. The van der Waals surface area contributed by atoms with Gasteiger partial charge in [-0.2, -0.15) is 17.6 Å². The summed E-state index contributed by atoms with van der Waals surface area (Å²) in [6.45, 7) is 1.94. The van der Waals surface area contributed by atoms with Crippen molar-refractivity contribution in [1.29, 1.82) is 0 Å². The SMILES string of the molecule is O=C(C1=C(c2ccc(CCCOc3c(F)ccc(F)c3F)cc2)CCNC1)N(CCc1ccc(F)cc1)C1CC1.O=C(O)C(F)(F)F. The largest absolute Gasteiger partial charge is 0.490 e. The molecule has 3 aromatic carbocycles. The van der Waals surface area contributed by atoms with E-state index in [1.165, 1.54) is 12.1 Å². The van der Waals surface area contributed by atoms with Crippen molar-refractivity contribution in [3.05, 3.63) is 106 Å². The fraction of sp³-hybridized carbons (Fsp3) is 0.353. The van der Waals surface area contributed by atoms with Gasteiger partial charge in [0.1, 0.15) is 5.82 Å². The summed E-state index contributed by atoms with van der Waals surface area (Å²) in [6, 6.07) is 16.3. The van der Waals surface area contributed by atoms with Crippen LogP contribution in [0, 0.1) is 23.3 Å². The maximum atomic E-state index is 13.8. The number of nitrogens with zero attached hydrogens (tertiary/aromatic N) is 1. The Kier molecular flexibility index (Phi) is 12.0. The molecule has 1 amide bonds. The van der Waals surface area contributed by atoms with Crippen LogP contribution in [-0.2, 0) is 22.4 Å². The third-order valence-corrected chi connectivity index (χ3v) is 7.68. The summed E-state index contributed by atoms with van der Waals surface area (Å²) in [4.78, 5) is 24.6. The average Bonchev–Trinajstić information content (AvgIpc) is 3.89. The molecule has 5 rings (SSSR count). The third-order valence-electron chi connectivity index (χ3n) is 7.68. The summed E-state index contributed by atoms with van der Waals surface area (Å²) in [5.74, 6) is -7.05. The second kappa shape index (κ2) is 15.9. The maximum absolute atomic E-state index is 13.8. The number of nitrogens with one attached hydrogen (secondary N) is 1. The lowest BCUT2D eigenvalue weighted by Crippen LogP contribution is -2.40. The number of hydrogen-bond acceptors (Lipinski definition) is 4. The molecular formula is C34H33F7N2O4. The first-order valence-electron chi connectivity index (χ1n) is 15.0. The number of benzene rings is 3. The van der Waals surface area contributed by atoms with E-state index < -0.39 is 35.3 Å². The average molecular weight is 667 g/mol. The molecular weight excluding hydrogens is 633 g/mol. The molecule has 1 fully saturated rings. The molecule has 1 heterocycles. The molecule has 0 radical (unpaired) electrons. The first-order valence-corrected chi connectivity index (χ1v) is 15.0. The summed E-state index contributed by atoms with van der Waals surface area (Å²) in [6.07, 6.45) is -0.547. The number of amides is 1. The monoisotopic (exact) mass is 666 g/mol. The van der Waals surface area contributed by atoms with Gasteiger partial charge in [0.15, 0.2) is 17.4 Å². The number of carbonyl (C=O) groups is 2. The quantitative estimate of drug-likeness (QED) is 0.133. The first kappa shape index (κ1) is 35.5. The van der Waals surface area contributed by atoms with Crippen molar-refractivity contribution in [1.82, 2.24) is 10.2 Å². The number of ether oxygens (including phenoxy) is 1. The van der Waals surface area contributed by atoms with Crippen LogP contribution in [0.4, 0.5) is 30.7 Å². The van der Waals surface area contributed by atoms with E-state index in [1.54, 1.807) is 12.1 Å². The van der Waals surface area contributed by atoms with Crippen molar-refractivity contribution >= 4 is 17.4 Å². The molecule has 2 N–H and O–H groups in total. The van der Waals surface area contributed by atoms with E-state index in [0.717, 1.165) is 65.8 Å². The predicted molar refractivity (Wildman–Crippen MR) is 160 cm³/mol. The highest BCUT2D eigenvalue weighted by Crippen LogP contribution is 2.32. The van der Waals surface area contributed by atoms with Crippen LogP contribution < -0.4 is 10.1 Å². The van der Waals surface area contributed by atoms with Gasteiger partial charge in [-0.3, -0.25) is 4.79 Å². The van der Waals surface area contributed by atoms with Crippen molar-refractivity contribution in [3.8, 4) is 5.75 Å². The molecule has 0 atom stereocenters. The van der Waals surface area contributed by atoms with Crippen molar-refractivity contribution < 1.29 is 50.2 Å². The van der Waals surface area contributed by atoms with Gasteiger partial charge in [0.25, 0.3) is 5.91 Å². The molecule has 13 heteroatoms. The summed E-state index contributed by atoms with van der Waals surface area (Å²) >= 11 is 0. The Morgan fingerprint density at radius 2 is 1.47 bits per heavy atom. The molecule has 0 unspecified atom stereocenters. The zero-order valence-corrected chi connectivity index (χ0v) is 25.2. The van der Waals surface area contributed by atoms with E-state index in [4.69, 9.17) is 14.6 Å². The minimum absolute atomic E-state index is 0.0451. The molecule has 47 heavy (non-hydrogen) atoms. The molecule has 252 valence electrons. The Balaban J connectivity index is 0.000000644. The Morgan fingerprint density at radius 3 is 2.09 bits per heavy atom. The Labute approximate surface area is 266 Å². The lowest BCUT2D eigenvalue weighted by atomic mass is 9.92. The van der Waals surface area contributed by atoms with Crippen LogP contribution in [0.1, 0.15) is 42.4 Å². The standard InChI is InChI=1S/C32H32F4N2O2.C2HF3O2/c33-24-9-5-22(6-10-24)16-18-38(25-11-12-25)32(39)27-20-37-17-15-26(27)23-7-3-21(4-8-23)2-1-19-40-31-29(35)14-13-28(34)30(31)36;3-2(4,5)1(6)7/h3-10,13-14,25,37H,1-2,11-12,15-20H2;(H,6,7). The van der Waals surface area contributed by atoms with E-state index in [-0.39, 0.29) is 24.4 Å². The van der Waals surface area contributed by atoms with Crippen molar-refractivity contribution in [3.63, 3.8) is 0 Å². The van der Waals surface area contributed by atoms with Crippen LogP contribution in [0.25, 0.3) is 5.57 Å². The van der Waals surface area contributed by atoms with Gasteiger partial charge >= 0.3 is 12.1 Å². The summed E-state index contributed by atoms with van der Waals surface area (Å²) in [5, 5.41) is 10.5. The number of carboxylic acid groups (broad SMARTS) is 1. The number of carbonyl (C=O) groups excluding carboxylic acids is 1. The molecule has 2 aliphatic rings. The number of carboxylic acids is 1. The predicted octanol–water partition coefficient (Wildman–Crippen LogP) is 6.87. The van der Waals surface area contributed by atoms with Gasteiger partial charge in [-0.15, -0.1) is 0 Å². The minimum Gasteiger partial charge on any atom is -0.488 e. The lowest BCUT2D eigenvalue weighted by molar-refractivity contribution is -0.192. The topological polar surface area (TPSA) is 78.9 Å². The van der Waals surface area contributed by atoms with Crippen LogP contribution in [-0.4, -0.2) is 60.3 Å². The molecule has 1 aliphatic carbocycles. The molecule has 3 aromatic rings.